The molecule has 0 amide bonds. The fourth-order valence-corrected chi connectivity index (χ4v) is 1.35. The molecule has 5 heteroatoms. The van der Waals surface area contributed by atoms with Crippen molar-refractivity contribution >= 4 is 17.6 Å². The number of nitrogens with two attached hydrogens (primary N) is 1. The summed E-state index contributed by atoms with van der Waals surface area (Å²) in [6.07, 6.45) is 0.00573. The SMILES string of the molecule is CCOC(=O)CC#Cc1ccc(N)c(C(=O)OC)c1. The lowest BCUT2D eigenvalue weighted by Crippen LogP contribution is -2.05. The number of rotatable bonds is 3. The molecule has 2 N–H and O–H groups in total. The van der Waals surface area contributed by atoms with Gasteiger partial charge in [0.2, 0.25) is 0 Å². The minimum absolute atomic E-state index is 0.00573. The van der Waals surface area contributed by atoms with Gasteiger partial charge in [-0.05, 0) is 25.1 Å². The Kier molecular flexibility index (Phi) is 5.42. The Morgan fingerprint density at radius 1 is 1.37 bits per heavy atom. The topological polar surface area (TPSA) is 78.6 Å². The summed E-state index contributed by atoms with van der Waals surface area (Å²) >= 11 is 0. The predicted octanol–water partition coefficient (Wildman–Crippen LogP) is 1.36. The second-order valence-electron chi connectivity index (χ2n) is 3.58. The van der Waals surface area contributed by atoms with Crippen molar-refractivity contribution in [3.05, 3.63) is 29.3 Å². The Morgan fingerprint density at radius 2 is 2.11 bits per heavy atom. The van der Waals surface area contributed by atoms with E-state index in [4.69, 9.17) is 10.5 Å². The van der Waals surface area contributed by atoms with Gasteiger partial charge in [-0.2, -0.15) is 0 Å². The highest BCUT2D eigenvalue weighted by Gasteiger charge is 2.09. The first kappa shape index (κ1) is 14.6. The van der Waals surface area contributed by atoms with E-state index in [1.54, 1.807) is 19.1 Å². The average Bonchev–Trinajstić information content (AvgIpc) is 2.40. The highest BCUT2D eigenvalue weighted by Crippen LogP contribution is 2.14. The second kappa shape index (κ2) is 7.07. The molecule has 0 atom stereocenters. The quantitative estimate of drug-likeness (QED) is 0.505. The summed E-state index contributed by atoms with van der Waals surface area (Å²) in [7, 11) is 1.28. The van der Waals surface area contributed by atoms with E-state index in [-0.39, 0.29) is 18.0 Å². The number of benzene rings is 1. The van der Waals surface area contributed by atoms with Crippen LogP contribution in [0.25, 0.3) is 0 Å². The Labute approximate surface area is 111 Å². The van der Waals surface area contributed by atoms with Crippen LogP contribution in [-0.4, -0.2) is 25.7 Å². The number of nitrogen functional groups attached to an aromatic ring is 1. The maximum absolute atomic E-state index is 11.4. The monoisotopic (exact) mass is 261 g/mol. The first-order valence-electron chi connectivity index (χ1n) is 5.70. The maximum Gasteiger partial charge on any atom is 0.339 e. The van der Waals surface area contributed by atoms with Crippen LogP contribution in [0.1, 0.15) is 29.3 Å². The summed E-state index contributed by atoms with van der Waals surface area (Å²) in [5.41, 5.74) is 6.82. The number of methoxy groups -OCH3 is 1. The first-order chi connectivity index (χ1) is 9.08. The zero-order valence-electron chi connectivity index (χ0n) is 10.9. The predicted molar refractivity (Wildman–Crippen MR) is 70.3 cm³/mol. The van der Waals surface area contributed by atoms with Crippen LogP contribution in [0, 0.1) is 11.8 Å². The van der Waals surface area contributed by atoms with E-state index in [0.29, 0.717) is 17.9 Å². The van der Waals surface area contributed by atoms with E-state index in [0.717, 1.165) is 0 Å². The van der Waals surface area contributed by atoms with Crippen LogP contribution in [0.4, 0.5) is 5.69 Å². The maximum atomic E-state index is 11.4. The normalized spacial score (nSPS) is 9.16. The molecule has 0 saturated carbocycles. The molecule has 0 saturated heterocycles. The number of carbonyl (C=O) groups excluding carboxylic acids is 2. The van der Waals surface area contributed by atoms with Crippen LogP contribution in [0.5, 0.6) is 0 Å². The molecule has 1 aromatic rings. The highest BCUT2D eigenvalue weighted by atomic mass is 16.5. The van der Waals surface area contributed by atoms with Crippen molar-refractivity contribution in [2.24, 2.45) is 0 Å². The third kappa shape index (κ3) is 4.36. The smallest absolute Gasteiger partial charge is 0.339 e. The van der Waals surface area contributed by atoms with Crippen molar-refractivity contribution in [2.45, 2.75) is 13.3 Å². The van der Waals surface area contributed by atoms with E-state index < -0.39 is 5.97 Å². The Hall–Kier alpha value is -2.48. The third-order valence-corrected chi connectivity index (χ3v) is 2.23. The number of anilines is 1. The number of hydrogen-bond donors (Lipinski definition) is 1. The highest BCUT2D eigenvalue weighted by molar-refractivity contribution is 5.95. The lowest BCUT2D eigenvalue weighted by molar-refractivity contribution is -0.141. The number of hydrogen-bond acceptors (Lipinski definition) is 5. The van der Waals surface area contributed by atoms with Crippen molar-refractivity contribution in [3.8, 4) is 11.8 Å². The molecule has 0 aliphatic carbocycles. The molecule has 0 bridgehead atoms. The Morgan fingerprint density at radius 3 is 2.74 bits per heavy atom. The molecule has 0 aromatic heterocycles. The minimum atomic E-state index is -0.522. The molecule has 100 valence electrons. The number of carbonyl (C=O) groups is 2. The van der Waals surface area contributed by atoms with E-state index in [1.165, 1.54) is 13.2 Å². The van der Waals surface area contributed by atoms with Crippen LogP contribution in [-0.2, 0) is 14.3 Å². The average molecular weight is 261 g/mol. The minimum Gasteiger partial charge on any atom is -0.465 e. The molecular formula is C14H15NO4. The van der Waals surface area contributed by atoms with Gasteiger partial charge in [-0.15, -0.1) is 0 Å². The summed E-state index contributed by atoms with van der Waals surface area (Å²) in [6, 6.07) is 4.76. The van der Waals surface area contributed by atoms with Gasteiger partial charge in [0.15, 0.2) is 0 Å². The molecule has 0 spiro atoms. The van der Waals surface area contributed by atoms with Gasteiger partial charge in [-0.3, -0.25) is 4.79 Å². The van der Waals surface area contributed by atoms with E-state index >= 15 is 0 Å². The summed E-state index contributed by atoms with van der Waals surface area (Å²) in [5, 5.41) is 0. The Bertz CT molecular complexity index is 540. The van der Waals surface area contributed by atoms with Gasteiger partial charge >= 0.3 is 11.9 Å². The number of ether oxygens (including phenoxy) is 2. The van der Waals surface area contributed by atoms with Crippen molar-refractivity contribution in [1.29, 1.82) is 0 Å². The van der Waals surface area contributed by atoms with E-state index in [9.17, 15) is 9.59 Å². The lowest BCUT2D eigenvalue weighted by atomic mass is 10.1. The van der Waals surface area contributed by atoms with Gasteiger partial charge in [0, 0.05) is 11.3 Å². The van der Waals surface area contributed by atoms with Gasteiger partial charge in [-0.25, -0.2) is 4.79 Å². The zero-order chi connectivity index (χ0) is 14.3. The standard InChI is InChI=1S/C14H15NO4/c1-3-19-13(16)6-4-5-10-7-8-12(15)11(9-10)14(17)18-2/h7-9H,3,6,15H2,1-2H3. The van der Waals surface area contributed by atoms with Crippen molar-refractivity contribution in [2.75, 3.05) is 19.5 Å². The Balaban J connectivity index is 2.83. The molecule has 1 rings (SSSR count). The van der Waals surface area contributed by atoms with Crippen LogP contribution in [0.2, 0.25) is 0 Å². The molecule has 0 fully saturated rings. The fourth-order valence-electron chi connectivity index (χ4n) is 1.35. The first-order valence-corrected chi connectivity index (χ1v) is 5.70. The van der Waals surface area contributed by atoms with Crippen LogP contribution < -0.4 is 5.73 Å². The van der Waals surface area contributed by atoms with Crippen molar-refractivity contribution in [1.82, 2.24) is 0 Å². The summed E-state index contributed by atoms with van der Waals surface area (Å²) < 4.78 is 9.35. The van der Waals surface area contributed by atoms with Crippen molar-refractivity contribution in [3.63, 3.8) is 0 Å². The summed E-state index contributed by atoms with van der Waals surface area (Å²) in [6.45, 7) is 2.06. The molecule has 0 unspecified atom stereocenters. The van der Waals surface area contributed by atoms with Crippen LogP contribution in [0.15, 0.2) is 18.2 Å². The molecule has 1 aromatic carbocycles. The lowest BCUT2D eigenvalue weighted by Gasteiger charge is -2.03. The second-order valence-corrected chi connectivity index (χ2v) is 3.58. The molecule has 5 nitrogen and oxygen atoms in total. The molecular weight excluding hydrogens is 246 g/mol. The van der Waals surface area contributed by atoms with Gasteiger partial charge < -0.3 is 15.2 Å². The molecule has 19 heavy (non-hydrogen) atoms. The molecule has 0 aliphatic heterocycles. The zero-order valence-corrected chi connectivity index (χ0v) is 10.9. The molecule has 0 radical (unpaired) electrons. The third-order valence-electron chi connectivity index (χ3n) is 2.23. The van der Waals surface area contributed by atoms with Gasteiger partial charge in [0.05, 0.1) is 19.3 Å². The fraction of sp³-hybridized carbons (Fsp3) is 0.286. The molecule has 0 aliphatic rings. The summed E-state index contributed by atoms with van der Waals surface area (Å²) in [5.74, 6) is 4.54. The molecule has 0 heterocycles. The van der Waals surface area contributed by atoms with E-state index in [2.05, 4.69) is 16.6 Å². The summed E-state index contributed by atoms with van der Waals surface area (Å²) in [4.78, 5) is 22.5. The number of esters is 2. The van der Waals surface area contributed by atoms with Crippen LogP contribution in [0.3, 0.4) is 0 Å². The van der Waals surface area contributed by atoms with Crippen LogP contribution >= 0.6 is 0 Å². The van der Waals surface area contributed by atoms with Gasteiger partial charge in [-0.1, -0.05) is 11.8 Å². The van der Waals surface area contributed by atoms with Crippen molar-refractivity contribution < 1.29 is 19.1 Å². The largest absolute Gasteiger partial charge is 0.465 e. The van der Waals surface area contributed by atoms with Gasteiger partial charge in [0.25, 0.3) is 0 Å². The van der Waals surface area contributed by atoms with Gasteiger partial charge in [0.1, 0.15) is 6.42 Å². The van der Waals surface area contributed by atoms with E-state index in [1.807, 2.05) is 0 Å².